The van der Waals surface area contributed by atoms with Crippen molar-refractivity contribution in [1.29, 1.82) is 0 Å². The summed E-state index contributed by atoms with van der Waals surface area (Å²) in [5.74, 6) is -1.90. The second-order valence-corrected chi connectivity index (χ2v) is 5.70. The summed E-state index contributed by atoms with van der Waals surface area (Å²) in [4.78, 5) is 26.4. The maximum Gasteiger partial charge on any atom is 0.353 e. The van der Waals surface area contributed by atoms with Crippen molar-refractivity contribution in [2.24, 2.45) is 11.3 Å². The van der Waals surface area contributed by atoms with Gasteiger partial charge in [0.25, 0.3) is 0 Å². The maximum atomic E-state index is 13.4. The molecule has 120 valence electrons. The molecular weight excluding hydrogens is 293 g/mol. The quantitative estimate of drug-likeness (QED) is 0.762. The molecule has 0 bridgehead atoms. The molecule has 1 aromatic heterocycles. The molecule has 0 saturated heterocycles. The predicted octanol–water partition coefficient (Wildman–Crippen LogP) is 0.387. The van der Waals surface area contributed by atoms with Gasteiger partial charge in [0.2, 0.25) is 0 Å². The highest BCUT2D eigenvalue weighted by Crippen LogP contribution is 2.52. The SMILES string of the molecule is CC(C)C(=O)OCC1(CO)C/C1=C\n1cc(F)c(N)nc1=O. The number of halogens is 1. The second-order valence-electron chi connectivity index (χ2n) is 5.70. The summed E-state index contributed by atoms with van der Waals surface area (Å²) < 4.78 is 19.4. The van der Waals surface area contributed by atoms with Crippen molar-refractivity contribution in [3.8, 4) is 0 Å². The van der Waals surface area contributed by atoms with Crippen LogP contribution in [0.15, 0.2) is 16.6 Å². The standard InChI is InChI=1S/C14H18FN3O4/c1-8(2)12(20)22-7-14(6-19)3-9(14)4-18-5-10(15)11(16)17-13(18)21/h4-5,8,19H,3,6-7H2,1-2H3,(H2,16,17,21)/b9-4+. The van der Waals surface area contributed by atoms with E-state index < -0.39 is 22.7 Å². The Bertz CT molecular complexity index is 683. The third-order valence-corrected chi connectivity index (χ3v) is 3.58. The van der Waals surface area contributed by atoms with Gasteiger partial charge in [-0.05, 0) is 12.0 Å². The molecule has 0 radical (unpaired) electrons. The van der Waals surface area contributed by atoms with Gasteiger partial charge in [0.15, 0.2) is 11.6 Å². The lowest BCUT2D eigenvalue weighted by Gasteiger charge is -2.13. The molecule has 1 unspecified atom stereocenters. The van der Waals surface area contributed by atoms with E-state index in [-0.39, 0.29) is 25.1 Å². The van der Waals surface area contributed by atoms with Gasteiger partial charge in [-0.2, -0.15) is 4.98 Å². The first-order valence-corrected chi connectivity index (χ1v) is 6.82. The Balaban J connectivity index is 2.16. The van der Waals surface area contributed by atoms with Crippen molar-refractivity contribution in [3.63, 3.8) is 0 Å². The third kappa shape index (κ3) is 3.16. The van der Waals surface area contributed by atoms with Crippen molar-refractivity contribution in [1.82, 2.24) is 9.55 Å². The second kappa shape index (κ2) is 5.88. The monoisotopic (exact) mass is 311 g/mol. The van der Waals surface area contributed by atoms with E-state index in [1.807, 2.05) is 0 Å². The predicted molar refractivity (Wildman–Crippen MR) is 77.1 cm³/mol. The lowest BCUT2D eigenvalue weighted by molar-refractivity contribution is -0.149. The van der Waals surface area contributed by atoms with Crippen LogP contribution in [0.25, 0.3) is 6.20 Å². The van der Waals surface area contributed by atoms with E-state index in [0.29, 0.717) is 12.0 Å². The smallest absolute Gasteiger partial charge is 0.353 e. The highest BCUT2D eigenvalue weighted by molar-refractivity contribution is 5.71. The van der Waals surface area contributed by atoms with E-state index in [2.05, 4.69) is 4.98 Å². The Kier molecular flexibility index (Phi) is 4.32. The number of anilines is 1. The van der Waals surface area contributed by atoms with Crippen LogP contribution in [-0.4, -0.2) is 33.8 Å². The molecule has 1 aromatic rings. The van der Waals surface area contributed by atoms with Crippen LogP contribution in [0.3, 0.4) is 0 Å². The number of hydrogen-bond donors (Lipinski definition) is 2. The molecule has 1 atom stereocenters. The number of esters is 1. The Morgan fingerprint density at radius 2 is 2.36 bits per heavy atom. The van der Waals surface area contributed by atoms with Crippen LogP contribution in [-0.2, 0) is 9.53 Å². The van der Waals surface area contributed by atoms with E-state index >= 15 is 0 Å². The number of ether oxygens (including phenoxy) is 1. The van der Waals surface area contributed by atoms with E-state index in [4.69, 9.17) is 10.5 Å². The molecule has 1 saturated carbocycles. The van der Waals surface area contributed by atoms with Crippen LogP contribution in [0, 0.1) is 17.2 Å². The van der Waals surface area contributed by atoms with E-state index in [1.165, 1.54) is 6.20 Å². The first kappa shape index (κ1) is 16.2. The average molecular weight is 311 g/mol. The van der Waals surface area contributed by atoms with Crippen LogP contribution >= 0.6 is 0 Å². The number of carbonyl (C=O) groups excluding carboxylic acids is 1. The molecule has 0 spiro atoms. The molecular formula is C14H18FN3O4. The van der Waals surface area contributed by atoms with E-state index in [1.54, 1.807) is 13.8 Å². The number of nitrogens with zero attached hydrogens (tertiary/aromatic N) is 2. The first-order chi connectivity index (χ1) is 10.3. The maximum absolute atomic E-state index is 13.4. The lowest BCUT2D eigenvalue weighted by Crippen LogP contribution is -2.23. The largest absolute Gasteiger partial charge is 0.464 e. The number of nitrogen functional groups attached to an aromatic ring is 1. The van der Waals surface area contributed by atoms with Gasteiger partial charge >= 0.3 is 11.7 Å². The molecule has 3 N–H and O–H groups in total. The number of aliphatic hydroxyl groups excluding tert-OH is 1. The zero-order valence-corrected chi connectivity index (χ0v) is 12.4. The average Bonchev–Trinajstić information content (AvgIpc) is 3.15. The summed E-state index contributed by atoms with van der Waals surface area (Å²) in [6.07, 6.45) is 2.77. The van der Waals surface area contributed by atoms with Crippen LogP contribution in [0.2, 0.25) is 0 Å². The number of aliphatic hydroxyl groups is 1. The third-order valence-electron chi connectivity index (χ3n) is 3.58. The van der Waals surface area contributed by atoms with E-state index in [9.17, 15) is 19.1 Å². The van der Waals surface area contributed by atoms with Gasteiger partial charge < -0.3 is 15.6 Å². The van der Waals surface area contributed by atoms with Crippen molar-refractivity contribution >= 4 is 18.0 Å². The fourth-order valence-electron chi connectivity index (χ4n) is 1.94. The van der Waals surface area contributed by atoms with Crippen molar-refractivity contribution in [2.45, 2.75) is 20.3 Å². The topological polar surface area (TPSA) is 107 Å². The first-order valence-electron chi connectivity index (χ1n) is 6.82. The van der Waals surface area contributed by atoms with E-state index in [0.717, 1.165) is 10.8 Å². The van der Waals surface area contributed by atoms with Gasteiger partial charge in [0, 0.05) is 6.20 Å². The van der Waals surface area contributed by atoms with Crippen LogP contribution in [0.5, 0.6) is 0 Å². The number of rotatable bonds is 5. The van der Waals surface area contributed by atoms with Gasteiger partial charge in [-0.3, -0.25) is 9.36 Å². The lowest BCUT2D eigenvalue weighted by atomic mass is 10.1. The molecule has 1 aliphatic carbocycles. The minimum Gasteiger partial charge on any atom is -0.464 e. The Morgan fingerprint density at radius 1 is 1.68 bits per heavy atom. The summed E-state index contributed by atoms with van der Waals surface area (Å²) in [7, 11) is 0. The van der Waals surface area contributed by atoms with Gasteiger partial charge in [0.1, 0.15) is 6.61 Å². The molecule has 0 aromatic carbocycles. The number of nitrogens with two attached hydrogens (primary N) is 1. The van der Waals surface area contributed by atoms with Gasteiger partial charge in [-0.25, -0.2) is 9.18 Å². The molecule has 0 amide bonds. The van der Waals surface area contributed by atoms with Crippen molar-refractivity contribution in [3.05, 3.63) is 28.1 Å². The molecule has 1 fully saturated rings. The molecule has 7 nitrogen and oxygen atoms in total. The minimum absolute atomic E-state index is 0.0198. The fraction of sp³-hybridized carbons (Fsp3) is 0.500. The van der Waals surface area contributed by atoms with Gasteiger partial charge in [-0.15, -0.1) is 0 Å². The molecule has 22 heavy (non-hydrogen) atoms. The summed E-state index contributed by atoms with van der Waals surface area (Å²) >= 11 is 0. The summed E-state index contributed by atoms with van der Waals surface area (Å²) in [5.41, 5.74) is 4.46. The molecule has 8 heteroatoms. The Hall–Kier alpha value is -2.22. The van der Waals surface area contributed by atoms with Gasteiger partial charge in [0.05, 0.1) is 24.1 Å². The molecule has 2 rings (SSSR count). The number of aromatic nitrogens is 2. The van der Waals surface area contributed by atoms with Gasteiger partial charge in [-0.1, -0.05) is 13.8 Å². The van der Waals surface area contributed by atoms with Crippen LogP contribution in [0.4, 0.5) is 10.2 Å². The van der Waals surface area contributed by atoms with Crippen LogP contribution in [0.1, 0.15) is 20.3 Å². The number of carbonyl (C=O) groups is 1. The molecule has 1 heterocycles. The summed E-state index contributed by atoms with van der Waals surface area (Å²) in [6, 6.07) is 0. The summed E-state index contributed by atoms with van der Waals surface area (Å²) in [6.45, 7) is 3.20. The van der Waals surface area contributed by atoms with Crippen molar-refractivity contribution in [2.75, 3.05) is 18.9 Å². The fourth-order valence-corrected chi connectivity index (χ4v) is 1.94. The number of hydrogen-bond acceptors (Lipinski definition) is 6. The van der Waals surface area contributed by atoms with Crippen LogP contribution < -0.4 is 11.4 Å². The normalized spacial score (nSPS) is 22.1. The highest BCUT2D eigenvalue weighted by Gasteiger charge is 2.50. The highest BCUT2D eigenvalue weighted by atomic mass is 19.1. The zero-order chi connectivity index (χ0) is 16.5. The molecule has 0 aliphatic heterocycles. The molecule has 1 aliphatic rings. The Morgan fingerprint density at radius 3 is 2.95 bits per heavy atom. The summed E-state index contributed by atoms with van der Waals surface area (Å²) in [5, 5.41) is 9.50. The van der Waals surface area contributed by atoms with Crippen molar-refractivity contribution < 1.29 is 19.0 Å². The minimum atomic E-state index is -0.807. The zero-order valence-electron chi connectivity index (χ0n) is 12.4. The Labute approximate surface area is 126 Å².